The summed E-state index contributed by atoms with van der Waals surface area (Å²) in [6, 6.07) is 0. The minimum atomic E-state index is -0.900. The fourth-order valence-electron chi connectivity index (χ4n) is 3.29. The fourth-order valence-corrected chi connectivity index (χ4v) is 4.03. The molecule has 3 heterocycles. The molecule has 0 bridgehead atoms. The van der Waals surface area contributed by atoms with Crippen molar-refractivity contribution in [3.05, 3.63) is 23.0 Å². The highest BCUT2D eigenvalue weighted by Crippen LogP contribution is 2.42. The second kappa shape index (κ2) is 5.89. The number of thiazole rings is 1. The van der Waals surface area contributed by atoms with Gasteiger partial charge < -0.3 is 10.0 Å². The Labute approximate surface area is 139 Å². The smallest absolute Gasteiger partial charge is 0.251 e. The van der Waals surface area contributed by atoms with Crippen LogP contribution in [0.25, 0.3) is 4.96 Å². The Balaban J connectivity index is 1.46. The number of aliphatic hydroxyl groups is 1. The first-order valence-corrected chi connectivity index (χ1v) is 9.15. The lowest BCUT2D eigenvalue weighted by Crippen LogP contribution is -2.50. The molecular weight excluding hydrogens is 312 g/mol. The number of fused-ring (bicyclic) bond motifs is 1. The van der Waals surface area contributed by atoms with Crippen LogP contribution >= 0.6 is 11.3 Å². The predicted molar refractivity (Wildman–Crippen MR) is 88.6 cm³/mol. The van der Waals surface area contributed by atoms with E-state index >= 15 is 0 Å². The number of aliphatic hydroxyl groups excluding tert-OH is 1. The van der Waals surface area contributed by atoms with Crippen molar-refractivity contribution in [1.29, 1.82) is 0 Å². The summed E-state index contributed by atoms with van der Waals surface area (Å²) in [6.07, 6.45) is 3.73. The molecule has 124 valence electrons. The molecule has 1 unspecified atom stereocenters. The molecule has 2 aromatic rings. The number of amides is 1. The third-order valence-electron chi connectivity index (χ3n) is 4.77. The lowest BCUT2D eigenvalue weighted by atomic mass is 10.2. The van der Waals surface area contributed by atoms with Crippen molar-refractivity contribution in [3.8, 4) is 0 Å². The summed E-state index contributed by atoms with van der Waals surface area (Å²) in [5.74, 6) is 0.489. The third-order valence-corrected chi connectivity index (χ3v) is 5.53. The SMILES string of the molecule is CC(O)C(=O)N1CCN(Cc2c(C3CC3)nc3sccn23)CC1. The van der Waals surface area contributed by atoms with Crippen molar-refractivity contribution in [1.82, 2.24) is 19.2 Å². The van der Waals surface area contributed by atoms with Crippen molar-refractivity contribution < 1.29 is 9.90 Å². The highest BCUT2D eigenvalue weighted by molar-refractivity contribution is 7.15. The highest BCUT2D eigenvalue weighted by atomic mass is 32.1. The summed E-state index contributed by atoms with van der Waals surface area (Å²) >= 11 is 1.69. The molecule has 1 aliphatic heterocycles. The van der Waals surface area contributed by atoms with Gasteiger partial charge in [0, 0.05) is 50.2 Å². The zero-order chi connectivity index (χ0) is 16.0. The quantitative estimate of drug-likeness (QED) is 0.915. The molecule has 7 heteroatoms. The Hall–Kier alpha value is -1.44. The van der Waals surface area contributed by atoms with Crippen LogP contribution in [0.1, 0.15) is 37.1 Å². The van der Waals surface area contributed by atoms with E-state index in [0.717, 1.165) is 24.6 Å². The van der Waals surface area contributed by atoms with E-state index in [-0.39, 0.29) is 5.91 Å². The summed E-state index contributed by atoms with van der Waals surface area (Å²) < 4.78 is 2.23. The molecule has 0 spiro atoms. The zero-order valence-electron chi connectivity index (χ0n) is 13.3. The maximum absolute atomic E-state index is 11.9. The number of imidazole rings is 1. The van der Waals surface area contributed by atoms with E-state index < -0.39 is 6.10 Å². The number of aromatic nitrogens is 2. The molecule has 23 heavy (non-hydrogen) atoms. The second-order valence-electron chi connectivity index (χ2n) is 6.55. The summed E-state index contributed by atoms with van der Waals surface area (Å²) in [5.41, 5.74) is 2.60. The number of rotatable bonds is 4. The Morgan fingerprint density at radius 2 is 2.13 bits per heavy atom. The van der Waals surface area contributed by atoms with Gasteiger partial charge in [0.15, 0.2) is 4.96 Å². The van der Waals surface area contributed by atoms with Gasteiger partial charge in [-0.05, 0) is 19.8 Å². The fraction of sp³-hybridized carbons (Fsp3) is 0.625. The first-order valence-electron chi connectivity index (χ1n) is 8.27. The highest BCUT2D eigenvalue weighted by Gasteiger charge is 2.31. The van der Waals surface area contributed by atoms with Crippen LogP contribution in [0.4, 0.5) is 0 Å². The van der Waals surface area contributed by atoms with Crippen LogP contribution in [0.2, 0.25) is 0 Å². The predicted octanol–water partition coefficient (Wildman–Crippen LogP) is 1.30. The molecule has 1 amide bonds. The van der Waals surface area contributed by atoms with E-state index in [0.29, 0.717) is 19.0 Å². The largest absolute Gasteiger partial charge is 0.384 e. The van der Waals surface area contributed by atoms with Crippen LogP contribution in [0.3, 0.4) is 0 Å². The Bertz CT molecular complexity index is 711. The van der Waals surface area contributed by atoms with Gasteiger partial charge in [0.2, 0.25) is 0 Å². The van der Waals surface area contributed by atoms with Crippen LogP contribution < -0.4 is 0 Å². The molecule has 1 aliphatic carbocycles. The minimum absolute atomic E-state index is 0.159. The number of hydrogen-bond acceptors (Lipinski definition) is 5. The van der Waals surface area contributed by atoms with Gasteiger partial charge in [-0.15, -0.1) is 11.3 Å². The molecule has 0 radical (unpaired) electrons. The molecule has 2 aromatic heterocycles. The molecule has 1 N–H and O–H groups in total. The summed E-state index contributed by atoms with van der Waals surface area (Å²) in [4.78, 5) is 21.9. The Morgan fingerprint density at radius 3 is 2.78 bits per heavy atom. The van der Waals surface area contributed by atoms with Gasteiger partial charge >= 0.3 is 0 Å². The van der Waals surface area contributed by atoms with Crippen LogP contribution in [0.5, 0.6) is 0 Å². The van der Waals surface area contributed by atoms with Gasteiger partial charge in [0.1, 0.15) is 6.10 Å². The molecule has 6 nitrogen and oxygen atoms in total. The maximum atomic E-state index is 11.9. The van der Waals surface area contributed by atoms with Crippen molar-refractivity contribution in [2.24, 2.45) is 0 Å². The molecule has 1 atom stereocenters. The number of hydrogen-bond donors (Lipinski definition) is 1. The van der Waals surface area contributed by atoms with Gasteiger partial charge in [-0.25, -0.2) is 4.98 Å². The van der Waals surface area contributed by atoms with Gasteiger partial charge in [-0.1, -0.05) is 0 Å². The first kappa shape index (κ1) is 15.1. The minimum Gasteiger partial charge on any atom is -0.384 e. The van der Waals surface area contributed by atoms with E-state index in [1.165, 1.54) is 31.2 Å². The van der Waals surface area contributed by atoms with E-state index in [4.69, 9.17) is 4.98 Å². The average molecular weight is 334 g/mol. The van der Waals surface area contributed by atoms with Crippen molar-refractivity contribution in [2.75, 3.05) is 26.2 Å². The molecule has 2 aliphatic rings. The van der Waals surface area contributed by atoms with E-state index in [9.17, 15) is 9.90 Å². The molecule has 2 fully saturated rings. The van der Waals surface area contributed by atoms with Crippen molar-refractivity contribution >= 4 is 22.2 Å². The summed E-state index contributed by atoms with van der Waals surface area (Å²) in [7, 11) is 0. The van der Waals surface area contributed by atoms with E-state index in [1.54, 1.807) is 16.2 Å². The Morgan fingerprint density at radius 1 is 1.39 bits per heavy atom. The maximum Gasteiger partial charge on any atom is 0.251 e. The number of nitrogens with zero attached hydrogens (tertiary/aromatic N) is 4. The third kappa shape index (κ3) is 2.88. The second-order valence-corrected chi connectivity index (χ2v) is 7.42. The van der Waals surface area contributed by atoms with Gasteiger partial charge in [0.25, 0.3) is 5.91 Å². The van der Waals surface area contributed by atoms with Crippen molar-refractivity contribution in [3.63, 3.8) is 0 Å². The van der Waals surface area contributed by atoms with Crippen LogP contribution in [-0.4, -0.2) is 62.5 Å². The first-order chi connectivity index (χ1) is 11.1. The van der Waals surface area contributed by atoms with Crippen LogP contribution in [0, 0.1) is 0 Å². The molecule has 4 rings (SSSR count). The van der Waals surface area contributed by atoms with E-state index in [2.05, 4.69) is 20.9 Å². The standard InChI is InChI=1S/C16H22N4O2S/c1-11(21)15(22)19-6-4-18(5-7-19)10-13-14(12-2-3-12)17-16-20(13)8-9-23-16/h8-9,11-12,21H,2-7,10H2,1H3. The Kier molecular flexibility index (Phi) is 3.87. The summed E-state index contributed by atoms with van der Waals surface area (Å²) in [6.45, 7) is 5.50. The van der Waals surface area contributed by atoms with Gasteiger partial charge in [-0.2, -0.15) is 0 Å². The zero-order valence-corrected chi connectivity index (χ0v) is 14.1. The molecular formula is C16H22N4O2S. The van der Waals surface area contributed by atoms with Gasteiger partial charge in [-0.3, -0.25) is 14.1 Å². The number of carbonyl (C=O) groups excluding carboxylic acids is 1. The molecule has 0 aromatic carbocycles. The topological polar surface area (TPSA) is 61.1 Å². The number of carbonyl (C=O) groups is 1. The molecule has 1 saturated carbocycles. The van der Waals surface area contributed by atoms with Crippen LogP contribution in [-0.2, 0) is 11.3 Å². The monoisotopic (exact) mass is 334 g/mol. The lowest BCUT2D eigenvalue weighted by Gasteiger charge is -2.35. The van der Waals surface area contributed by atoms with E-state index in [1.807, 2.05) is 0 Å². The average Bonchev–Trinajstić information content (AvgIpc) is 3.19. The lowest BCUT2D eigenvalue weighted by molar-refractivity contribution is -0.141. The number of piperazine rings is 1. The van der Waals surface area contributed by atoms with Gasteiger partial charge in [0.05, 0.1) is 11.4 Å². The molecule has 1 saturated heterocycles. The van der Waals surface area contributed by atoms with Crippen molar-refractivity contribution in [2.45, 2.75) is 38.3 Å². The summed E-state index contributed by atoms with van der Waals surface area (Å²) in [5, 5.41) is 11.5. The van der Waals surface area contributed by atoms with Crippen LogP contribution in [0.15, 0.2) is 11.6 Å². The normalized spacial score (nSPS) is 21.0.